The number of amidine groups is 1. The van der Waals surface area contributed by atoms with Crippen molar-refractivity contribution in [2.24, 2.45) is 10.2 Å². The van der Waals surface area contributed by atoms with Gasteiger partial charge in [-0.15, -0.1) is 5.10 Å². The fraction of sp³-hybridized carbons (Fsp3) is 0.261. The van der Waals surface area contributed by atoms with Gasteiger partial charge in [0.05, 0.1) is 19.2 Å². The number of aliphatic carboxylic acids is 1. The number of hydrogen-bond acceptors (Lipinski definition) is 8. The van der Waals surface area contributed by atoms with Crippen LogP contribution in [0.2, 0.25) is 0 Å². The van der Waals surface area contributed by atoms with Gasteiger partial charge in [0.15, 0.2) is 23.3 Å². The molecule has 1 aliphatic rings. The molecule has 2 amide bonds. The molecule has 10 nitrogen and oxygen atoms in total. The monoisotopic (exact) mass is 484 g/mol. The molecule has 1 saturated heterocycles. The Hall–Kier alpha value is -3.86. The van der Waals surface area contributed by atoms with E-state index in [4.69, 9.17) is 14.6 Å². The van der Waals surface area contributed by atoms with E-state index in [9.17, 15) is 14.4 Å². The maximum absolute atomic E-state index is 12.1. The minimum absolute atomic E-state index is 0.164. The summed E-state index contributed by atoms with van der Waals surface area (Å²) in [5.74, 6) is -0.869. The number of carbonyl (C=O) groups is 3. The van der Waals surface area contributed by atoms with Crippen molar-refractivity contribution in [3.05, 3.63) is 59.7 Å². The van der Waals surface area contributed by atoms with Gasteiger partial charge >= 0.3 is 5.97 Å². The predicted octanol–water partition coefficient (Wildman–Crippen LogP) is 2.18. The lowest BCUT2D eigenvalue weighted by atomic mass is 10.2. The molecule has 178 valence electrons. The van der Waals surface area contributed by atoms with Gasteiger partial charge in [-0.25, -0.2) is 0 Å². The molecular formula is C23H24N4O6S. The van der Waals surface area contributed by atoms with Gasteiger partial charge in [0, 0.05) is 6.54 Å². The van der Waals surface area contributed by atoms with Crippen molar-refractivity contribution in [2.75, 3.05) is 13.2 Å². The Labute approximate surface area is 200 Å². The summed E-state index contributed by atoms with van der Waals surface area (Å²) in [6.45, 7) is 2.47. The number of rotatable bonds is 11. The molecule has 1 heterocycles. The third kappa shape index (κ3) is 7.62. The van der Waals surface area contributed by atoms with E-state index in [0.29, 0.717) is 30.2 Å². The van der Waals surface area contributed by atoms with Gasteiger partial charge in [-0.1, -0.05) is 42.1 Å². The van der Waals surface area contributed by atoms with Crippen molar-refractivity contribution in [1.82, 2.24) is 10.6 Å². The van der Waals surface area contributed by atoms with Crippen molar-refractivity contribution < 1.29 is 29.0 Å². The summed E-state index contributed by atoms with van der Waals surface area (Å²) < 4.78 is 11.2. The first-order chi connectivity index (χ1) is 16.4. The average Bonchev–Trinajstić information content (AvgIpc) is 3.16. The van der Waals surface area contributed by atoms with Crippen LogP contribution in [0.3, 0.4) is 0 Å². The number of benzene rings is 2. The van der Waals surface area contributed by atoms with E-state index < -0.39 is 17.1 Å². The van der Waals surface area contributed by atoms with Crippen LogP contribution in [0.15, 0.2) is 58.7 Å². The highest BCUT2D eigenvalue weighted by atomic mass is 32.2. The summed E-state index contributed by atoms with van der Waals surface area (Å²) in [6, 6.07) is 14.6. The Kier molecular flexibility index (Phi) is 9.04. The molecule has 0 radical (unpaired) electrons. The van der Waals surface area contributed by atoms with Crippen LogP contribution in [0.5, 0.6) is 11.5 Å². The molecule has 2 aromatic rings. The van der Waals surface area contributed by atoms with Crippen LogP contribution in [0.25, 0.3) is 0 Å². The number of amides is 2. The standard InChI is InChI=1S/C23H24N4O6S/c1-2-32-18-10-16(13-25-27-23-26-22(31)19(34-23)11-21(29)30)8-9-17(18)33-14-20(28)24-12-15-6-4-3-5-7-15/h3-10,13,19H,2,11-12,14H2,1H3,(H,24,28)(H,29,30)(H,26,27,31). The van der Waals surface area contributed by atoms with Crippen molar-refractivity contribution in [2.45, 2.75) is 25.1 Å². The number of carbonyl (C=O) groups excluding carboxylic acids is 2. The van der Waals surface area contributed by atoms with Gasteiger partial charge < -0.3 is 25.2 Å². The molecule has 3 rings (SSSR count). The largest absolute Gasteiger partial charge is 0.490 e. The molecule has 1 atom stereocenters. The summed E-state index contributed by atoms with van der Waals surface area (Å²) in [5.41, 5.74) is 1.65. The predicted molar refractivity (Wildman–Crippen MR) is 128 cm³/mol. The van der Waals surface area contributed by atoms with Gasteiger partial charge in [0.2, 0.25) is 5.91 Å². The topological polar surface area (TPSA) is 139 Å². The molecular weight excluding hydrogens is 460 g/mol. The Morgan fingerprint density at radius 3 is 2.71 bits per heavy atom. The van der Waals surface area contributed by atoms with Gasteiger partial charge in [0.1, 0.15) is 5.25 Å². The maximum atomic E-state index is 12.1. The Bertz CT molecular complexity index is 1090. The van der Waals surface area contributed by atoms with Crippen molar-refractivity contribution in [3.63, 3.8) is 0 Å². The fourth-order valence-corrected chi connectivity index (χ4v) is 3.79. The van der Waals surface area contributed by atoms with E-state index in [1.165, 1.54) is 6.21 Å². The van der Waals surface area contributed by atoms with Gasteiger partial charge in [-0.05, 0) is 36.2 Å². The summed E-state index contributed by atoms with van der Waals surface area (Å²) in [4.78, 5) is 34.7. The number of nitrogens with zero attached hydrogens (tertiary/aromatic N) is 2. The minimum Gasteiger partial charge on any atom is -0.490 e. The van der Waals surface area contributed by atoms with Gasteiger partial charge in [0.25, 0.3) is 5.91 Å². The molecule has 0 saturated carbocycles. The SMILES string of the molecule is CCOc1cc(C=NN=C2NC(=O)C(CC(=O)O)S2)ccc1OCC(=O)NCc1ccccc1. The minimum atomic E-state index is -1.06. The molecule has 1 unspecified atom stereocenters. The van der Waals surface area contributed by atoms with Crippen LogP contribution in [0, 0.1) is 0 Å². The van der Waals surface area contributed by atoms with Crippen molar-refractivity contribution in [3.8, 4) is 11.5 Å². The Morgan fingerprint density at radius 1 is 1.18 bits per heavy atom. The lowest BCUT2D eigenvalue weighted by Gasteiger charge is -2.12. The van der Waals surface area contributed by atoms with Gasteiger partial charge in [-0.2, -0.15) is 5.10 Å². The van der Waals surface area contributed by atoms with Gasteiger partial charge in [-0.3, -0.25) is 14.4 Å². The van der Waals surface area contributed by atoms with Crippen molar-refractivity contribution in [1.29, 1.82) is 0 Å². The fourth-order valence-electron chi connectivity index (χ4n) is 2.88. The quantitative estimate of drug-likeness (QED) is 0.328. The van der Waals surface area contributed by atoms with E-state index in [0.717, 1.165) is 17.3 Å². The molecule has 11 heteroatoms. The van der Waals surface area contributed by atoms with Crippen LogP contribution >= 0.6 is 11.8 Å². The van der Waals surface area contributed by atoms with Crippen LogP contribution in [0.1, 0.15) is 24.5 Å². The second-order valence-corrected chi connectivity index (χ2v) is 8.22. The first-order valence-electron chi connectivity index (χ1n) is 10.4. The maximum Gasteiger partial charge on any atom is 0.305 e. The van der Waals surface area contributed by atoms with Crippen LogP contribution in [-0.2, 0) is 20.9 Å². The van der Waals surface area contributed by atoms with E-state index >= 15 is 0 Å². The van der Waals surface area contributed by atoms with E-state index in [1.54, 1.807) is 18.2 Å². The molecule has 2 aromatic carbocycles. The third-order valence-corrected chi connectivity index (χ3v) is 5.52. The first kappa shape index (κ1) is 24.8. The van der Waals surface area contributed by atoms with Crippen LogP contribution in [0.4, 0.5) is 0 Å². The van der Waals surface area contributed by atoms with E-state index in [2.05, 4.69) is 20.8 Å². The lowest BCUT2D eigenvalue weighted by molar-refractivity contribution is -0.138. The highest BCUT2D eigenvalue weighted by Crippen LogP contribution is 2.28. The molecule has 0 aliphatic carbocycles. The summed E-state index contributed by atoms with van der Waals surface area (Å²) in [5, 5.41) is 21.5. The molecule has 0 spiro atoms. The smallest absolute Gasteiger partial charge is 0.305 e. The normalized spacial score (nSPS) is 16.4. The van der Waals surface area contributed by atoms with E-state index in [-0.39, 0.29) is 24.1 Å². The zero-order valence-electron chi connectivity index (χ0n) is 18.4. The molecule has 0 aromatic heterocycles. The zero-order valence-corrected chi connectivity index (χ0v) is 19.2. The Balaban J connectivity index is 1.56. The average molecular weight is 485 g/mol. The summed E-state index contributed by atoms with van der Waals surface area (Å²) in [6.07, 6.45) is 1.17. The number of carboxylic acids is 1. The molecule has 3 N–H and O–H groups in total. The van der Waals surface area contributed by atoms with Crippen LogP contribution < -0.4 is 20.1 Å². The highest BCUT2D eigenvalue weighted by Gasteiger charge is 2.32. The number of ether oxygens (including phenoxy) is 2. The summed E-state index contributed by atoms with van der Waals surface area (Å²) >= 11 is 1.02. The summed E-state index contributed by atoms with van der Waals surface area (Å²) in [7, 11) is 0. The number of carboxylic acid groups (broad SMARTS) is 1. The zero-order chi connectivity index (χ0) is 24.3. The third-order valence-electron chi connectivity index (χ3n) is 4.45. The highest BCUT2D eigenvalue weighted by molar-refractivity contribution is 8.15. The molecule has 1 aliphatic heterocycles. The first-order valence-corrected chi connectivity index (χ1v) is 11.3. The van der Waals surface area contributed by atoms with Crippen molar-refractivity contribution >= 4 is 40.9 Å². The second-order valence-electron chi connectivity index (χ2n) is 7.03. The van der Waals surface area contributed by atoms with Crippen LogP contribution in [-0.4, -0.2) is 52.7 Å². The molecule has 0 bridgehead atoms. The number of hydrogen-bond donors (Lipinski definition) is 3. The number of thioether (sulfide) groups is 1. The molecule has 34 heavy (non-hydrogen) atoms. The lowest BCUT2D eigenvalue weighted by Crippen LogP contribution is -2.28. The number of nitrogens with one attached hydrogen (secondary N) is 2. The Morgan fingerprint density at radius 2 is 1.97 bits per heavy atom. The second kappa shape index (κ2) is 12.4. The van der Waals surface area contributed by atoms with E-state index in [1.807, 2.05) is 37.3 Å². The molecule has 1 fully saturated rings.